The van der Waals surface area contributed by atoms with Gasteiger partial charge in [0.15, 0.2) is 6.10 Å². The predicted molar refractivity (Wildman–Crippen MR) is 115 cm³/mol. The summed E-state index contributed by atoms with van der Waals surface area (Å²) in [5.74, 6) is -1.59. The van der Waals surface area contributed by atoms with Crippen molar-refractivity contribution in [3.63, 3.8) is 0 Å². The Labute approximate surface area is 189 Å². The van der Waals surface area contributed by atoms with Crippen LogP contribution in [-0.4, -0.2) is 78.7 Å². The molecule has 5 atom stereocenters. The van der Waals surface area contributed by atoms with Crippen LogP contribution < -0.4 is 9.47 Å². The van der Waals surface area contributed by atoms with Crippen molar-refractivity contribution in [1.82, 2.24) is 9.55 Å². The van der Waals surface area contributed by atoms with Gasteiger partial charge in [0.2, 0.25) is 6.29 Å². The van der Waals surface area contributed by atoms with Crippen molar-refractivity contribution >= 4 is 11.0 Å². The van der Waals surface area contributed by atoms with Gasteiger partial charge < -0.3 is 44.3 Å². The fourth-order valence-electron chi connectivity index (χ4n) is 4.37. The number of hydrogen-bond acceptors (Lipinski definition) is 9. The van der Waals surface area contributed by atoms with Crippen LogP contribution in [0.15, 0.2) is 42.7 Å². The predicted octanol–water partition coefficient (Wildman–Crippen LogP) is -0.287. The first kappa shape index (κ1) is 22.1. The van der Waals surface area contributed by atoms with E-state index in [-0.39, 0.29) is 5.75 Å². The zero-order valence-corrected chi connectivity index (χ0v) is 17.7. The molecule has 0 amide bonds. The molecule has 176 valence electrons. The van der Waals surface area contributed by atoms with Crippen LogP contribution in [-0.2, 0) is 24.1 Å². The number of imidazole rings is 1. The SMILES string of the molecule is OC[C@H]1O[C@H](O)[C@@](O)(Oc2cccc3ncn(CCc4ccc5c(c4)CCO5)c23)[C@@H](O)[C@@H]1O. The molecule has 1 fully saturated rings. The second kappa shape index (κ2) is 8.56. The minimum absolute atomic E-state index is 0.145. The summed E-state index contributed by atoms with van der Waals surface area (Å²) in [6, 6.07) is 11.1. The van der Waals surface area contributed by atoms with Crippen LogP contribution in [0, 0.1) is 0 Å². The number of benzene rings is 2. The lowest BCUT2D eigenvalue weighted by Gasteiger charge is -2.45. The van der Waals surface area contributed by atoms with Crippen molar-refractivity contribution in [1.29, 1.82) is 0 Å². The van der Waals surface area contributed by atoms with Crippen LogP contribution in [0.2, 0.25) is 0 Å². The van der Waals surface area contributed by atoms with Crippen molar-refractivity contribution in [3.8, 4) is 11.5 Å². The molecule has 10 nitrogen and oxygen atoms in total. The number of nitrogens with zero attached hydrogens (tertiary/aromatic N) is 2. The normalized spacial score (nSPS) is 29.1. The van der Waals surface area contributed by atoms with Gasteiger partial charge in [-0.15, -0.1) is 0 Å². The largest absolute Gasteiger partial charge is 0.493 e. The average Bonchev–Trinajstić information content (AvgIpc) is 3.46. The van der Waals surface area contributed by atoms with E-state index in [0.29, 0.717) is 30.6 Å². The molecule has 2 aromatic carbocycles. The molecule has 1 aromatic heterocycles. The standard InChI is InChI=1S/C23H26N2O8/c26-11-18-20(27)21(28)23(30,22(29)32-18)33-17-3-1-2-15-19(17)25(12-24-15)8-6-13-4-5-16-14(10-13)7-9-31-16/h1-5,10,12,18,20-22,26-30H,6-9,11H2/t18-,20-,21+,22+,23+/m1/s1. The zero-order chi connectivity index (χ0) is 23.2. The number of hydrogen-bond donors (Lipinski definition) is 5. The molecule has 0 bridgehead atoms. The number of fused-ring (bicyclic) bond motifs is 2. The molecule has 0 spiro atoms. The second-order valence-electron chi connectivity index (χ2n) is 8.35. The van der Waals surface area contributed by atoms with Gasteiger partial charge in [0.05, 0.1) is 25.1 Å². The summed E-state index contributed by atoms with van der Waals surface area (Å²) in [6.45, 7) is 0.609. The van der Waals surface area contributed by atoms with Crippen molar-refractivity contribution in [2.45, 2.75) is 49.8 Å². The van der Waals surface area contributed by atoms with E-state index in [1.807, 2.05) is 16.7 Å². The third-order valence-electron chi connectivity index (χ3n) is 6.24. The second-order valence-corrected chi connectivity index (χ2v) is 8.35. The summed E-state index contributed by atoms with van der Waals surface area (Å²) in [4.78, 5) is 4.39. The quantitative estimate of drug-likeness (QED) is 0.315. The fourth-order valence-corrected chi connectivity index (χ4v) is 4.37. The number of aliphatic hydroxyl groups excluding tert-OH is 4. The lowest BCUT2D eigenvalue weighted by molar-refractivity contribution is -0.385. The first-order valence-corrected chi connectivity index (χ1v) is 10.8. The lowest BCUT2D eigenvalue weighted by Crippen LogP contribution is -2.69. The van der Waals surface area contributed by atoms with E-state index in [1.165, 1.54) is 5.56 Å². The summed E-state index contributed by atoms with van der Waals surface area (Å²) >= 11 is 0. The van der Waals surface area contributed by atoms with Gasteiger partial charge in [-0.05, 0) is 35.7 Å². The van der Waals surface area contributed by atoms with Gasteiger partial charge in [0.25, 0.3) is 5.79 Å². The molecule has 3 heterocycles. The van der Waals surface area contributed by atoms with Gasteiger partial charge in [0.1, 0.15) is 29.2 Å². The minimum atomic E-state index is -2.66. The molecule has 5 rings (SSSR count). The summed E-state index contributed by atoms with van der Waals surface area (Å²) < 4.78 is 18.1. The molecule has 0 saturated carbocycles. The highest BCUT2D eigenvalue weighted by molar-refractivity contribution is 5.82. The van der Waals surface area contributed by atoms with Gasteiger partial charge >= 0.3 is 0 Å². The number of rotatable bonds is 6. The van der Waals surface area contributed by atoms with E-state index in [2.05, 4.69) is 11.1 Å². The van der Waals surface area contributed by atoms with E-state index < -0.39 is 37.0 Å². The third-order valence-corrected chi connectivity index (χ3v) is 6.24. The highest BCUT2D eigenvalue weighted by Crippen LogP contribution is 2.35. The zero-order valence-electron chi connectivity index (χ0n) is 17.7. The maximum absolute atomic E-state index is 10.9. The Kier molecular flexibility index (Phi) is 5.73. The monoisotopic (exact) mass is 458 g/mol. The molecular formula is C23H26N2O8. The van der Waals surface area contributed by atoms with Crippen LogP contribution in [0.4, 0.5) is 0 Å². The minimum Gasteiger partial charge on any atom is -0.493 e. The number of para-hydroxylation sites is 1. The van der Waals surface area contributed by atoms with Crippen molar-refractivity contribution < 1.29 is 39.7 Å². The van der Waals surface area contributed by atoms with Crippen molar-refractivity contribution in [2.75, 3.05) is 13.2 Å². The molecule has 0 radical (unpaired) electrons. The van der Waals surface area contributed by atoms with Gasteiger partial charge in [-0.1, -0.05) is 18.2 Å². The van der Waals surface area contributed by atoms with Crippen molar-refractivity contribution in [2.24, 2.45) is 0 Å². The topological polar surface area (TPSA) is 147 Å². The maximum atomic E-state index is 10.9. The molecule has 2 aliphatic rings. The van der Waals surface area contributed by atoms with Crippen LogP contribution in [0.5, 0.6) is 11.5 Å². The molecule has 33 heavy (non-hydrogen) atoms. The molecule has 10 heteroatoms. The average molecular weight is 458 g/mol. The van der Waals surface area contributed by atoms with E-state index in [4.69, 9.17) is 14.2 Å². The number of aliphatic hydroxyl groups is 5. The van der Waals surface area contributed by atoms with Crippen LogP contribution in [0.3, 0.4) is 0 Å². The van der Waals surface area contributed by atoms with Gasteiger partial charge in [-0.2, -0.15) is 0 Å². The maximum Gasteiger partial charge on any atom is 0.288 e. The van der Waals surface area contributed by atoms with Gasteiger partial charge in [0, 0.05) is 13.0 Å². The van der Waals surface area contributed by atoms with Crippen LogP contribution >= 0.6 is 0 Å². The number of aryl methyl sites for hydroxylation is 2. The van der Waals surface area contributed by atoms with Crippen LogP contribution in [0.25, 0.3) is 11.0 Å². The first-order valence-electron chi connectivity index (χ1n) is 10.8. The smallest absolute Gasteiger partial charge is 0.288 e. The van der Waals surface area contributed by atoms with Crippen molar-refractivity contribution in [3.05, 3.63) is 53.9 Å². The Morgan fingerprint density at radius 2 is 2.03 bits per heavy atom. The van der Waals surface area contributed by atoms with E-state index >= 15 is 0 Å². The molecule has 2 aliphatic heterocycles. The molecule has 0 unspecified atom stereocenters. The Bertz CT molecular complexity index is 1150. The Morgan fingerprint density at radius 3 is 2.85 bits per heavy atom. The molecule has 5 N–H and O–H groups in total. The molecule has 0 aliphatic carbocycles. The lowest BCUT2D eigenvalue weighted by atomic mass is 9.96. The number of aromatic nitrogens is 2. The first-order chi connectivity index (χ1) is 15.9. The van der Waals surface area contributed by atoms with E-state index in [1.54, 1.807) is 24.5 Å². The summed E-state index contributed by atoms with van der Waals surface area (Å²) in [7, 11) is 0. The molecular weight excluding hydrogens is 432 g/mol. The highest BCUT2D eigenvalue weighted by Gasteiger charge is 2.57. The van der Waals surface area contributed by atoms with Gasteiger partial charge in [-0.3, -0.25) is 0 Å². The van der Waals surface area contributed by atoms with Crippen LogP contribution in [0.1, 0.15) is 11.1 Å². The summed E-state index contributed by atoms with van der Waals surface area (Å²) in [6.07, 6.45) is -3.62. The fraction of sp³-hybridized carbons (Fsp3) is 0.435. The molecule has 1 saturated heterocycles. The Balaban J connectivity index is 1.41. The number of ether oxygens (including phenoxy) is 3. The summed E-state index contributed by atoms with van der Waals surface area (Å²) in [5.41, 5.74) is 3.47. The van der Waals surface area contributed by atoms with Gasteiger partial charge in [-0.25, -0.2) is 4.98 Å². The highest BCUT2D eigenvalue weighted by atomic mass is 16.7. The van der Waals surface area contributed by atoms with E-state index in [0.717, 1.165) is 17.7 Å². The third kappa shape index (κ3) is 3.84. The van der Waals surface area contributed by atoms with E-state index in [9.17, 15) is 25.5 Å². The Morgan fingerprint density at radius 1 is 1.18 bits per heavy atom. The summed E-state index contributed by atoms with van der Waals surface area (Å²) in [5, 5.41) is 51.1. The Hall–Kier alpha value is -2.73. The molecule has 3 aromatic rings.